The SMILES string of the molecule is COc1cccc(N(CCNC(=O)Cc2ccccc2F)S(C)(=O)=O)c1. The number of ether oxygens (including phenoxy) is 1. The van der Waals surface area contributed by atoms with Crippen LogP contribution in [0.15, 0.2) is 48.5 Å². The van der Waals surface area contributed by atoms with E-state index in [0.29, 0.717) is 11.4 Å². The number of rotatable bonds is 8. The molecule has 0 radical (unpaired) electrons. The van der Waals surface area contributed by atoms with Gasteiger partial charge in [0.1, 0.15) is 11.6 Å². The molecule has 0 saturated carbocycles. The number of sulfonamides is 1. The predicted molar refractivity (Wildman–Crippen MR) is 98.3 cm³/mol. The first kappa shape index (κ1) is 19.7. The molecule has 0 fully saturated rings. The molecular formula is C18H21FN2O4S. The summed E-state index contributed by atoms with van der Waals surface area (Å²) in [6, 6.07) is 12.7. The number of carbonyl (C=O) groups is 1. The van der Waals surface area contributed by atoms with Crippen molar-refractivity contribution in [2.45, 2.75) is 6.42 Å². The molecule has 0 atom stereocenters. The van der Waals surface area contributed by atoms with Crippen LogP contribution in [0.2, 0.25) is 0 Å². The summed E-state index contributed by atoms with van der Waals surface area (Å²) < 4.78 is 44.0. The van der Waals surface area contributed by atoms with E-state index in [-0.39, 0.29) is 31.0 Å². The van der Waals surface area contributed by atoms with Crippen LogP contribution in [-0.4, -0.2) is 40.8 Å². The Labute approximate surface area is 152 Å². The molecule has 0 aromatic heterocycles. The molecular weight excluding hydrogens is 359 g/mol. The Kier molecular flexibility index (Phi) is 6.57. The van der Waals surface area contributed by atoms with E-state index in [2.05, 4.69) is 5.32 Å². The van der Waals surface area contributed by atoms with Crippen LogP contribution in [0.1, 0.15) is 5.56 Å². The largest absolute Gasteiger partial charge is 0.497 e. The molecule has 26 heavy (non-hydrogen) atoms. The fourth-order valence-electron chi connectivity index (χ4n) is 2.43. The van der Waals surface area contributed by atoms with E-state index < -0.39 is 15.8 Å². The van der Waals surface area contributed by atoms with Gasteiger partial charge in [-0.1, -0.05) is 24.3 Å². The van der Waals surface area contributed by atoms with Crippen molar-refractivity contribution in [1.29, 1.82) is 0 Å². The van der Waals surface area contributed by atoms with Gasteiger partial charge in [-0.25, -0.2) is 12.8 Å². The van der Waals surface area contributed by atoms with Crippen molar-refractivity contribution in [3.8, 4) is 5.75 Å². The topological polar surface area (TPSA) is 75.7 Å². The lowest BCUT2D eigenvalue weighted by molar-refractivity contribution is -0.120. The van der Waals surface area contributed by atoms with Gasteiger partial charge in [-0.2, -0.15) is 0 Å². The summed E-state index contributed by atoms with van der Waals surface area (Å²) >= 11 is 0. The van der Waals surface area contributed by atoms with E-state index in [0.717, 1.165) is 6.26 Å². The molecule has 0 spiro atoms. The number of halogens is 1. The highest BCUT2D eigenvalue weighted by Gasteiger charge is 2.18. The number of benzene rings is 2. The number of hydrogen-bond donors (Lipinski definition) is 1. The number of nitrogens with zero attached hydrogens (tertiary/aromatic N) is 1. The Morgan fingerprint density at radius 3 is 2.58 bits per heavy atom. The monoisotopic (exact) mass is 380 g/mol. The zero-order valence-electron chi connectivity index (χ0n) is 14.6. The Morgan fingerprint density at radius 2 is 1.92 bits per heavy atom. The summed E-state index contributed by atoms with van der Waals surface area (Å²) in [6.07, 6.45) is 0.984. The van der Waals surface area contributed by atoms with E-state index in [1.54, 1.807) is 36.4 Å². The summed E-state index contributed by atoms with van der Waals surface area (Å²) in [7, 11) is -2.05. The molecule has 2 rings (SSSR count). The predicted octanol–water partition coefficient (Wildman–Crippen LogP) is 1.96. The number of nitrogens with one attached hydrogen (secondary N) is 1. The molecule has 0 bridgehead atoms. The van der Waals surface area contributed by atoms with Gasteiger partial charge in [0.15, 0.2) is 0 Å². The van der Waals surface area contributed by atoms with Crippen LogP contribution in [-0.2, 0) is 21.2 Å². The quantitative estimate of drug-likeness (QED) is 0.760. The van der Waals surface area contributed by atoms with Gasteiger partial charge in [-0.05, 0) is 23.8 Å². The number of anilines is 1. The maximum Gasteiger partial charge on any atom is 0.232 e. The van der Waals surface area contributed by atoms with Crippen LogP contribution in [0, 0.1) is 5.82 Å². The number of methoxy groups -OCH3 is 1. The summed E-state index contributed by atoms with van der Waals surface area (Å²) in [5, 5.41) is 2.62. The second-order valence-corrected chi connectivity index (χ2v) is 7.56. The Balaban J connectivity index is 1.99. The molecule has 0 heterocycles. The lowest BCUT2D eigenvalue weighted by Crippen LogP contribution is -2.38. The Bertz CT molecular complexity index is 871. The van der Waals surface area contributed by atoms with Crippen molar-refractivity contribution in [3.63, 3.8) is 0 Å². The van der Waals surface area contributed by atoms with Crippen molar-refractivity contribution in [1.82, 2.24) is 5.32 Å². The molecule has 0 saturated heterocycles. The molecule has 1 N–H and O–H groups in total. The van der Waals surface area contributed by atoms with Crippen molar-refractivity contribution in [2.24, 2.45) is 0 Å². The Hall–Kier alpha value is -2.61. The highest BCUT2D eigenvalue weighted by atomic mass is 32.2. The van der Waals surface area contributed by atoms with E-state index in [1.807, 2.05) is 0 Å². The van der Waals surface area contributed by atoms with Crippen LogP contribution in [0.4, 0.5) is 10.1 Å². The van der Waals surface area contributed by atoms with Crippen LogP contribution >= 0.6 is 0 Å². The molecule has 2 aromatic carbocycles. The minimum absolute atomic E-state index is 0.0506. The number of amides is 1. The normalized spacial score (nSPS) is 11.0. The highest BCUT2D eigenvalue weighted by molar-refractivity contribution is 7.92. The highest BCUT2D eigenvalue weighted by Crippen LogP contribution is 2.22. The van der Waals surface area contributed by atoms with Gasteiger partial charge >= 0.3 is 0 Å². The minimum Gasteiger partial charge on any atom is -0.497 e. The maximum absolute atomic E-state index is 13.6. The summed E-state index contributed by atoms with van der Waals surface area (Å²) in [5.41, 5.74) is 0.730. The van der Waals surface area contributed by atoms with Crippen LogP contribution in [0.25, 0.3) is 0 Å². The molecule has 1 amide bonds. The van der Waals surface area contributed by atoms with Crippen molar-refractivity contribution in [3.05, 3.63) is 59.9 Å². The van der Waals surface area contributed by atoms with Crippen LogP contribution in [0.3, 0.4) is 0 Å². The van der Waals surface area contributed by atoms with Crippen molar-refractivity contribution in [2.75, 3.05) is 30.8 Å². The summed E-state index contributed by atoms with van der Waals surface area (Å²) in [4.78, 5) is 12.0. The third-order valence-electron chi connectivity index (χ3n) is 3.69. The first-order valence-electron chi connectivity index (χ1n) is 7.93. The fraction of sp³-hybridized carbons (Fsp3) is 0.278. The lowest BCUT2D eigenvalue weighted by atomic mass is 10.1. The molecule has 0 aliphatic rings. The molecule has 140 valence electrons. The van der Waals surface area contributed by atoms with Crippen molar-refractivity contribution < 1.29 is 22.3 Å². The third kappa shape index (κ3) is 5.45. The zero-order chi connectivity index (χ0) is 19.2. The van der Waals surface area contributed by atoms with Gasteiger partial charge in [0.2, 0.25) is 15.9 Å². The maximum atomic E-state index is 13.6. The molecule has 0 unspecified atom stereocenters. The number of carbonyl (C=O) groups excluding carboxylic acids is 1. The number of hydrogen-bond acceptors (Lipinski definition) is 4. The van der Waals surface area contributed by atoms with Gasteiger partial charge in [0.05, 0.1) is 32.0 Å². The smallest absolute Gasteiger partial charge is 0.232 e. The minimum atomic E-state index is -3.54. The summed E-state index contributed by atoms with van der Waals surface area (Å²) in [5.74, 6) is -0.300. The molecule has 2 aromatic rings. The average molecular weight is 380 g/mol. The molecule has 6 nitrogen and oxygen atoms in total. The van der Waals surface area contributed by atoms with Gasteiger partial charge in [-0.15, -0.1) is 0 Å². The van der Waals surface area contributed by atoms with E-state index in [1.165, 1.54) is 23.5 Å². The van der Waals surface area contributed by atoms with Gasteiger partial charge in [0, 0.05) is 12.6 Å². The summed E-state index contributed by atoms with van der Waals surface area (Å²) in [6.45, 7) is 0.145. The second kappa shape index (κ2) is 8.66. The van der Waals surface area contributed by atoms with E-state index in [4.69, 9.17) is 4.74 Å². The van der Waals surface area contributed by atoms with Crippen molar-refractivity contribution >= 4 is 21.6 Å². The molecule has 0 aliphatic carbocycles. The van der Waals surface area contributed by atoms with Gasteiger partial charge in [0.25, 0.3) is 0 Å². The second-order valence-electron chi connectivity index (χ2n) is 5.65. The average Bonchev–Trinajstić information content (AvgIpc) is 2.59. The first-order valence-corrected chi connectivity index (χ1v) is 9.78. The standard InChI is InChI=1S/C18H21FN2O4S/c1-25-16-8-5-7-15(13-16)21(26(2,23)24)11-10-20-18(22)12-14-6-3-4-9-17(14)19/h3-9,13H,10-12H2,1-2H3,(H,20,22). The zero-order valence-corrected chi connectivity index (χ0v) is 15.4. The first-order chi connectivity index (χ1) is 12.3. The van der Waals surface area contributed by atoms with E-state index >= 15 is 0 Å². The fourth-order valence-corrected chi connectivity index (χ4v) is 3.35. The third-order valence-corrected chi connectivity index (χ3v) is 4.88. The van der Waals surface area contributed by atoms with Crippen LogP contribution in [0.5, 0.6) is 5.75 Å². The Morgan fingerprint density at radius 1 is 1.19 bits per heavy atom. The van der Waals surface area contributed by atoms with Crippen LogP contribution < -0.4 is 14.4 Å². The van der Waals surface area contributed by atoms with E-state index in [9.17, 15) is 17.6 Å². The molecule has 0 aliphatic heterocycles. The molecule has 8 heteroatoms. The lowest BCUT2D eigenvalue weighted by Gasteiger charge is -2.23. The van der Waals surface area contributed by atoms with Gasteiger partial charge < -0.3 is 10.1 Å². The van der Waals surface area contributed by atoms with Gasteiger partial charge in [-0.3, -0.25) is 9.10 Å².